The lowest BCUT2D eigenvalue weighted by molar-refractivity contribution is -0.132. The van der Waals surface area contributed by atoms with Crippen molar-refractivity contribution < 1.29 is 18.7 Å². The summed E-state index contributed by atoms with van der Waals surface area (Å²) >= 11 is 0. The van der Waals surface area contributed by atoms with Crippen molar-refractivity contribution in [2.24, 2.45) is 0 Å². The molecule has 1 aliphatic heterocycles. The van der Waals surface area contributed by atoms with Crippen LogP contribution in [0.1, 0.15) is 21.6 Å². The van der Waals surface area contributed by atoms with E-state index in [2.05, 4.69) is 9.97 Å². The maximum atomic E-state index is 13.3. The Kier molecular flexibility index (Phi) is 7.24. The molecular weight excluding hydrogens is 423 g/mol. The fourth-order valence-electron chi connectivity index (χ4n) is 3.73. The molecular formula is C25H25FN4O3. The van der Waals surface area contributed by atoms with E-state index in [0.717, 1.165) is 5.56 Å². The van der Waals surface area contributed by atoms with Crippen LogP contribution < -0.4 is 4.74 Å². The third-order valence-electron chi connectivity index (χ3n) is 5.50. The molecule has 8 heteroatoms. The third kappa shape index (κ3) is 6.12. The molecule has 0 aliphatic carbocycles. The van der Waals surface area contributed by atoms with E-state index < -0.39 is 0 Å². The molecule has 7 nitrogen and oxygen atoms in total. The van der Waals surface area contributed by atoms with Gasteiger partial charge in [0.05, 0.1) is 18.7 Å². The number of aromatic nitrogens is 2. The summed E-state index contributed by atoms with van der Waals surface area (Å²) in [6.45, 7) is 2.28. The summed E-state index contributed by atoms with van der Waals surface area (Å²) in [5, 5.41) is 0. The second-order valence-corrected chi connectivity index (χ2v) is 7.80. The highest BCUT2D eigenvalue weighted by molar-refractivity contribution is 5.94. The van der Waals surface area contributed by atoms with Crippen molar-refractivity contribution in [1.29, 1.82) is 0 Å². The zero-order chi connectivity index (χ0) is 23.0. The van der Waals surface area contributed by atoms with Gasteiger partial charge < -0.3 is 14.5 Å². The van der Waals surface area contributed by atoms with Gasteiger partial charge in [0, 0.05) is 56.8 Å². The van der Waals surface area contributed by atoms with Crippen LogP contribution in [0.2, 0.25) is 0 Å². The number of rotatable bonds is 7. The smallest absolute Gasteiger partial charge is 0.254 e. The van der Waals surface area contributed by atoms with Crippen LogP contribution in [-0.2, 0) is 17.6 Å². The van der Waals surface area contributed by atoms with Crippen molar-refractivity contribution in [2.45, 2.75) is 12.8 Å². The number of ether oxygens (including phenoxy) is 1. The average molecular weight is 448 g/mol. The largest absolute Gasteiger partial charge is 0.493 e. The van der Waals surface area contributed by atoms with E-state index in [9.17, 15) is 14.0 Å². The molecule has 0 unspecified atom stereocenters. The van der Waals surface area contributed by atoms with Gasteiger partial charge in [-0.1, -0.05) is 18.2 Å². The Morgan fingerprint density at radius 2 is 1.76 bits per heavy atom. The first-order valence-electron chi connectivity index (χ1n) is 10.9. The molecule has 1 aliphatic rings. The second kappa shape index (κ2) is 10.7. The Balaban J connectivity index is 1.27. The highest BCUT2D eigenvalue weighted by atomic mass is 19.1. The molecule has 4 rings (SSSR count). The predicted octanol–water partition coefficient (Wildman–Crippen LogP) is 2.76. The maximum Gasteiger partial charge on any atom is 0.254 e. The Morgan fingerprint density at radius 1 is 0.970 bits per heavy atom. The molecule has 0 spiro atoms. The first-order chi connectivity index (χ1) is 16.1. The van der Waals surface area contributed by atoms with Crippen molar-refractivity contribution in [3.63, 3.8) is 0 Å². The van der Waals surface area contributed by atoms with Gasteiger partial charge in [-0.25, -0.2) is 4.39 Å². The predicted molar refractivity (Wildman–Crippen MR) is 120 cm³/mol. The molecule has 1 fully saturated rings. The maximum absolute atomic E-state index is 13.3. The number of hydrogen-bond donors (Lipinski definition) is 0. The highest BCUT2D eigenvalue weighted by Crippen LogP contribution is 2.17. The van der Waals surface area contributed by atoms with Gasteiger partial charge in [-0.15, -0.1) is 0 Å². The molecule has 170 valence electrons. The Morgan fingerprint density at radius 3 is 2.52 bits per heavy atom. The van der Waals surface area contributed by atoms with E-state index in [1.807, 2.05) is 6.07 Å². The molecule has 0 radical (unpaired) electrons. The van der Waals surface area contributed by atoms with Crippen LogP contribution in [0.5, 0.6) is 5.75 Å². The van der Waals surface area contributed by atoms with Crippen LogP contribution in [0.3, 0.4) is 0 Å². The molecule has 0 atom stereocenters. The van der Waals surface area contributed by atoms with Crippen molar-refractivity contribution in [3.8, 4) is 5.75 Å². The molecule has 2 heterocycles. The van der Waals surface area contributed by atoms with Crippen LogP contribution in [0.4, 0.5) is 4.39 Å². The minimum absolute atomic E-state index is 0.0173. The quantitative estimate of drug-likeness (QED) is 0.556. The van der Waals surface area contributed by atoms with Crippen molar-refractivity contribution >= 4 is 11.8 Å². The number of amides is 2. The van der Waals surface area contributed by atoms with Crippen molar-refractivity contribution in [1.82, 2.24) is 19.8 Å². The van der Waals surface area contributed by atoms with Gasteiger partial charge in [0.2, 0.25) is 5.91 Å². The molecule has 1 aromatic heterocycles. The van der Waals surface area contributed by atoms with Gasteiger partial charge in [-0.3, -0.25) is 19.6 Å². The van der Waals surface area contributed by atoms with E-state index in [0.29, 0.717) is 56.2 Å². The van der Waals surface area contributed by atoms with E-state index >= 15 is 0 Å². The standard InChI is InChI=1S/C25H25FN4O3/c26-21-5-1-3-19(15-21)7-14-33-23-6-2-4-20(16-23)25(32)30-12-10-29(11-13-30)24(31)17-22-18-27-8-9-28-22/h1-6,8-9,15-16,18H,7,10-14,17H2. The number of hydrogen-bond acceptors (Lipinski definition) is 5. The van der Waals surface area contributed by atoms with Crippen molar-refractivity contribution in [3.05, 3.63) is 89.8 Å². The van der Waals surface area contributed by atoms with Gasteiger partial charge in [0.25, 0.3) is 5.91 Å². The zero-order valence-electron chi connectivity index (χ0n) is 18.2. The molecule has 2 aromatic carbocycles. The Hall–Kier alpha value is -3.81. The summed E-state index contributed by atoms with van der Waals surface area (Å²) in [5.41, 5.74) is 2.03. The molecule has 3 aromatic rings. The minimum atomic E-state index is -0.268. The average Bonchev–Trinajstić information content (AvgIpc) is 2.84. The number of benzene rings is 2. The molecule has 33 heavy (non-hydrogen) atoms. The zero-order valence-corrected chi connectivity index (χ0v) is 18.2. The topological polar surface area (TPSA) is 75.6 Å². The number of nitrogens with zero attached hydrogens (tertiary/aromatic N) is 4. The summed E-state index contributed by atoms with van der Waals surface area (Å²) < 4.78 is 19.1. The van der Waals surface area contributed by atoms with Crippen LogP contribution in [0.25, 0.3) is 0 Å². The van der Waals surface area contributed by atoms with Gasteiger partial charge in [0.1, 0.15) is 11.6 Å². The second-order valence-electron chi connectivity index (χ2n) is 7.80. The van der Waals surface area contributed by atoms with Crippen LogP contribution >= 0.6 is 0 Å². The summed E-state index contributed by atoms with van der Waals surface area (Å²) in [7, 11) is 0. The lowest BCUT2D eigenvalue weighted by Gasteiger charge is -2.34. The van der Waals surface area contributed by atoms with E-state index in [1.54, 1.807) is 58.7 Å². The fourth-order valence-corrected chi connectivity index (χ4v) is 3.73. The Bertz CT molecular complexity index is 1100. The lowest BCUT2D eigenvalue weighted by Crippen LogP contribution is -2.51. The van der Waals surface area contributed by atoms with E-state index in [4.69, 9.17) is 4.74 Å². The monoisotopic (exact) mass is 448 g/mol. The molecule has 0 bridgehead atoms. The number of carbonyl (C=O) groups is 2. The van der Waals surface area contributed by atoms with Crippen LogP contribution in [0.15, 0.2) is 67.1 Å². The van der Waals surface area contributed by atoms with Gasteiger partial charge in [-0.05, 0) is 35.9 Å². The fraction of sp³-hybridized carbons (Fsp3) is 0.280. The summed E-state index contributed by atoms with van der Waals surface area (Å²) in [6.07, 6.45) is 5.50. The Labute approximate surface area is 191 Å². The summed E-state index contributed by atoms with van der Waals surface area (Å²) in [6, 6.07) is 13.5. The molecule has 0 N–H and O–H groups in total. The highest BCUT2D eigenvalue weighted by Gasteiger charge is 2.25. The number of carbonyl (C=O) groups excluding carboxylic acids is 2. The van der Waals surface area contributed by atoms with Crippen LogP contribution in [-0.4, -0.2) is 64.4 Å². The lowest BCUT2D eigenvalue weighted by atomic mass is 10.1. The molecule has 0 saturated carbocycles. The van der Waals surface area contributed by atoms with Gasteiger partial charge in [-0.2, -0.15) is 0 Å². The SMILES string of the molecule is O=C(Cc1cnccn1)N1CCN(C(=O)c2cccc(OCCc3cccc(F)c3)c2)CC1. The number of piperazine rings is 1. The minimum Gasteiger partial charge on any atom is -0.493 e. The van der Waals surface area contributed by atoms with Crippen LogP contribution in [0, 0.1) is 5.82 Å². The summed E-state index contributed by atoms with van der Waals surface area (Å²) in [5.74, 6) is 0.216. The van der Waals surface area contributed by atoms with E-state index in [1.165, 1.54) is 12.1 Å². The van der Waals surface area contributed by atoms with E-state index in [-0.39, 0.29) is 24.1 Å². The first-order valence-corrected chi connectivity index (χ1v) is 10.9. The van der Waals surface area contributed by atoms with Crippen molar-refractivity contribution in [2.75, 3.05) is 32.8 Å². The van der Waals surface area contributed by atoms with Gasteiger partial charge in [0.15, 0.2) is 0 Å². The number of halogens is 1. The molecule has 2 amide bonds. The first kappa shape index (κ1) is 22.4. The molecule has 1 saturated heterocycles. The normalized spacial score (nSPS) is 13.6. The third-order valence-corrected chi connectivity index (χ3v) is 5.50. The van der Waals surface area contributed by atoms with Gasteiger partial charge >= 0.3 is 0 Å². The summed E-state index contributed by atoms with van der Waals surface area (Å²) in [4.78, 5) is 37.1.